The van der Waals surface area contributed by atoms with Gasteiger partial charge in [0, 0.05) is 31.5 Å². The van der Waals surface area contributed by atoms with Crippen LogP contribution in [0.15, 0.2) is 59.3 Å². The predicted octanol–water partition coefficient (Wildman–Crippen LogP) is 3.10. The molecule has 3 rings (SSSR count). The summed E-state index contributed by atoms with van der Waals surface area (Å²) in [6.07, 6.45) is 4.39. The van der Waals surface area contributed by atoms with E-state index in [-0.39, 0.29) is 17.6 Å². The van der Waals surface area contributed by atoms with Crippen molar-refractivity contribution in [2.75, 3.05) is 13.7 Å². The van der Waals surface area contributed by atoms with Crippen LogP contribution in [0.4, 0.5) is 0 Å². The molecule has 0 aliphatic heterocycles. The van der Waals surface area contributed by atoms with E-state index >= 15 is 0 Å². The maximum absolute atomic E-state index is 12.1. The summed E-state index contributed by atoms with van der Waals surface area (Å²) < 4.78 is 18.1. The smallest absolute Gasteiger partial charge is 0.290 e. The molecule has 25 heavy (non-hydrogen) atoms. The van der Waals surface area contributed by atoms with Gasteiger partial charge >= 0.3 is 0 Å². The molecule has 0 fully saturated rings. The van der Waals surface area contributed by atoms with E-state index in [2.05, 4.69) is 10.4 Å². The third kappa shape index (κ3) is 4.41. The van der Waals surface area contributed by atoms with Crippen LogP contribution in [0, 0.1) is 0 Å². The molecule has 0 radical (unpaired) electrons. The first kappa shape index (κ1) is 16.6. The van der Waals surface area contributed by atoms with Crippen LogP contribution in [-0.4, -0.2) is 29.3 Å². The lowest BCUT2D eigenvalue weighted by molar-refractivity contribution is 0.0920. The number of carbonyl (C=O) groups is 1. The van der Waals surface area contributed by atoms with Crippen LogP contribution in [0.3, 0.4) is 0 Å². The molecule has 130 valence electrons. The molecule has 0 saturated heterocycles. The highest BCUT2D eigenvalue weighted by atomic mass is 16.6. The number of para-hydroxylation sites is 2. The Bertz CT molecular complexity index is 811. The molecule has 0 bridgehead atoms. The molecule has 0 atom stereocenters. The first-order valence-corrected chi connectivity index (χ1v) is 7.92. The van der Waals surface area contributed by atoms with Gasteiger partial charge in [0.2, 0.25) is 0 Å². The van der Waals surface area contributed by atoms with Crippen molar-refractivity contribution in [2.24, 2.45) is 0 Å². The van der Waals surface area contributed by atoms with E-state index in [9.17, 15) is 4.79 Å². The number of nitrogens with zero attached hydrogens (tertiary/aromatic N) is 2. The van der Waals surface area contributed by atoms with Crippen LogP contribution < -0.4 is 14.8 Å². The maximum atomic E-state index is 12.1. The van der Waals surface area contributed by atoms with Crippen LogP contribution in [0.2, 0.25) is 0 Å². The first-order valence-electron chi connectivity index (χ1n) is 7.92. The molecule has 0 spiro atoms. The van der Waals surface area contributed by atoms with Gasteiger partial charge in [-0.05, 0) is 30.7 Å². The Hall–Kier alpha value is -3.22. The number of aromatic nitrogens is 2. The number of ether oxygens (including phenoxy) is 2. The average Bonchev–Trinajstić information content (AvgIpc) is 3.31. The third-order valence-corrected chi connectivity index (χ3v) is 3.49. The van der Waals surface area contributed by atoms with Crippen molar-refractivity contribution in [1.29, 1.82) is 0 Å². The normalized spacial score (nSPS) is 10.4. The maximum Gasteiger partial charge on any atom is 0.290 e. The Labute approximate surface area is 145 Å². The molecule has 1 amide bonds. The zero-order valence-corrected chi connectivity index (χ0v) is 13.8. The van der Waals surface area contributed by atoms with Crippen LogP contribution >= 0.6 is 0 Å². The summed E-state index contributed by atoms with van der Waals surface area (Å²) in [5.74, 6) is 1.25. The Morgan fingerprint density at radius 3 is 2.80 bits per heavy atom. The number of furan rings is 1. The van der Waals surface area contributed by atoms with Crippen LogP contribution in [0.1, 0.15) is 17.0 Å². The Balaban J connectivity index is 1.51. The summed E-state index contributed by atoms with van der Waals surface area (Å²) in [7, 11) is 1.56. The molecule has 1 aromatic carbocycles. The number of benzene rings is 1. The molecule has 7 heteroatoms. The summed E-state index contributed by atoms with van der Waals surface area (Å²) in [5.41, 5.74) is 0. The highest BCUT2D eigenvalue weighted by Gasteiger charge is 2.13. The lowest BCUT2D eigenvalue weighted by Crippen LogP contribution is -2.24. The molecule has 3 aromatic rings. The summed E-state index contributed by atoms with van der Waals surface area (Å²) in [6, 6.07) is 12.3. The minimum Gasteiger partial charge on any atom is -0.493 e. The number of hydrogen-bond donors (Lipinski definition) is 1. The number of aryl methyl sites for hydroxylation is 1. The fourth-order valence-corrected chi connectivity index (χ4v) is 2.27. The standard InChI is InChI=1S/C18H19N3O4/c1-23-14-6-2-3-7-15(14)24-17-9-8-16(25-17)18(22)19-10-4-12-21-13-5-11-20-21/h2-3,5-9,11,13H,4,10,12H2,1H3,(H,19,22). The van der Waals surface area contributed by atoms with E-state index in [1.54, 1.807) is 37.6 Å². The van der Waals surface area contributed by atoms with Crippen LogP contribution in [0.5, 0.6) is 17.4 Å². The molecular weight excluding hydrogens is 322 g/mol. The van der Waals surface area contributed by atoms with Crippen molar-refractivity contribution in [3.63, 3.8) is 0 Å². The molecule has 0 unspecified atom stereocenters. The van der Waals surface area contributed by atoms with Gasteiger partial charge in [0.05, 0.1) is 7.11 Å². The van der Waals surface area contributed by atoms with Crippen LogP contribution in [0.25, 0.3) is 0 Å². The number of nitrogens with one attached hydrogen (secondary N) is 1. The molecule has 2 aromatic heterocycles. The molecule has 1 N–H and O–H groups in total. The second-order valence-corrected chi connectivity index (χ2v) is 5.25. The highest BCUT2D eigenvalue weighted by Crippen LogP contribution is 2.31. The molecule has 2 heterocycles. The largest absolute Gasteiger partial charge is 0.493 e. The summed E-state index contributed by atoms with van der Waals surface area (Å²) >= 11 is 0. The summed E-state index contributed by atoms with van der Waals surface area (Å²) in [6.45, 7) is 1.27. The molecule has 7 nitrogen and oxygen atoms in total. The van der Waals surface area contributed by atoms with Gasteiger partial charge in [0.1, 0.15) is 0 Å². The predicted molar refractivity (Wildman–Crippen MR) is 91.0 cm³/mol. The van der Waals surface area contributed by atoms with Gasteiger partial charge in [0.15, 0.2) is 17.3 Å². The lowest BCUT2D eigenvalue weighted by Gasteiger charge is -2.07. The Kier molecular flexibility index (Phi) is 5.36. The molecule has 0 saturated carbocycles. The summed E-state index contributed by atoms with van der Waals surface area (Å²) in [5, 5.41) is 6.91. The topological polar surface area (TPSA) is 78.5 Å². The number of methoxy groups -OCH3 is 1. The number of rotatable bonds is 8. The van der Waals surface area contributed by atoms with Gasteiger partial charge in [0.25, 0.3) is 11.9 Å². The average molecular weight is 341 g/mol. The third-order valence-electron chi connectivity index (χ3n) is 3.49. The van der Waals surface area contributed by atoms with Crippen molar-refractivity contribution in [3.05, 3.63) is 60.6 Å². The van der Waals surface area contributed by atoms with Gasteiger partial charge in [-0.15, -0.1) is 0 Å². The van der Waals surface area contributed by atoms with Gasteiger partial charge in [-0.25, -0.2) is 0 Å². The highest BCUT2D eigenvalue weighted by molar-refractivity contribution is 5.91. The van der Waals surface area contributed by atoms with E-state index in [4.69, 9.17) is 13.9 Å². The van der Waals surface area contributed by atoms with E-state index < -0.39 is 0 Å². The monoisotopic (exact) mass is 341 g/mol. The minimum atomic E-state index is -0.282. The zero-order valence-electron chi connectivity index (χ0n) is 13.8. The molecule has 0 aliphatic carbocycles. The van der Waals surface area contributed by atoms with Gasteiger partial charge in [-0.3, -0.25) is 9.48 Å². The van der Waals surface area contributed by atoms with E-state index in [0.717, 1.165) is 13.0 Å². The Morgan fingerprint density at radius 2 is 2.04 bits per heavy atom. The number of amides is 1. The van der Waals surface area contributed by atoms with Crippen molar-refractivity contribution in [2.45, 2.75) is 13.0 Å². The van der Waals surface area contributed by atoms with Crippen molar-refractivity contribution in [3.8, 4) is 17.4 Å². The Morgan fingerprint density at radius 1 is 1.20 bits per heavy atom. The second-order valence-electron chi connectivity index (χ2n) is 5.25. The van der Waals surface area contributed by atoms with Gasteiger partial charge in [-0.1, -0.05) is 12.1 Å². The fraction of sp³-hybridized carbons (Fsp3) is 0.222. The van der Waals surface area contributed by atoms with Crippen molar-refractivity contribution < 1.29 is 18.7 Å². The SMILES string of the molecule is COc1ccccc1Oc1ccc(C(=O)NCCCn2cccn2)o1. The molecular formula is C18H19N3O4. The van der Waals surface area contributed by atoms with E-state index in [1.165, 1.54) is 0 Å². The summed E-state index contributed by atoms with van der Waals surface area (Å²) in [4.78, 5) is 12.1. The second kappa shape index (κ2) is 8.05. The van der Waals surface area contributed by atoms with Gasteiger partial charge < -0.3 is 19.2 Å². The van der Waals surface area contributed by atoms with Crippen molar-refractivity contribution >= 4 is 5.91 Å². The minimum absolute atomic E-state index is 0.198. The lowest BCUT2D eigenvalue weighted by atomic mass is 10.3. The van der Waals surface area contributed by atoms with Gasteiger partial charge in [-0.2, -0.15) is 5.10 Å². The first-order chi connectivity index (χ1) is 12.3. The number of hydrogen-bond acceptors (Lipinski definition) is 5. The van der Waals surface area contributed by atoms with Crippen molar-refractivity contribution in [1.82, 2.24) is 15.1 Å². The van der Waals surface area contributed by atoms with E-state index in [1.807, 2.05) is 29.1 Å². The van der Waals surface area contributed by atoms with E-state index in [0.29, 0.717) is 18.0 Å². The van der Waals surface area contributed by atoms with Crippen LogP contribution in [-0.2, 0) is 6.54 Å². The molecule has 0 aliphatic rings. The number of carbonyl (C=O) groups excluding carboxylic acids is 1. The zero-order chi connectivity index (χ0) is 17.5. The quantitative estimate of drug-likeness (QED) is 0.637. The fourth-order valence-electron chi connectivity index (χ4n) is 2.27.